The highest BCUT2D eigenvalue weighted by molar-refractivity contribution is 7.09. The molecule has 3 amide bonds. The van der Waals surface area contributed by atoms with Gasteiger partial charge in [-0.05, 0) is 55.6 Å². The van der Waals surface area contributed by atoms with E-state index in [1.807, 2.05) is 0 Å². The molecule has 11 heteroatoms. The maximum Gasteiger partial charge on any atom is 0.273 e. The summed E-state index contributed by atoms with van der Waals surface area (Å²) in [4.78, 5) is 40.9. The molecule has 2 aromatic heterocycles. The number of hydrogen-bond acceptors (Lipinski definition) is 8. The van der Waals surface area contributed by atoms with Crippen molar-refractivity contribution in [2.45, 2.75) is 51.1 Å². The molecule has 0 saturated heterocycles. The van der Waals surface area contributed by atoms with Crippen LogP contribution in [0.3, 0.4) is 0 Å². The Kier molecular flexibility index (Phi) is 7.58. The lowest BCUT2D eigenvalue weighted by Gasteiger charge is -2.32. The fourth-order valence-electron chi connectivity index (χ4n) is 4.38. The zero-order valence-corrected chi connectivity index (χ0v) is 21.0. The van der Waals surface area contributed by atoms with E-state index in [9.17, 15) is 14.4 Å². The van der Waals surface area contributed by atoms with Gasteiger partial charge in [-0.2, -0.15) is 4.37 Å². The topological polar surface area (TPSA) is 154 Å². The number of anilines is 2. The fourth-order valence-corrected chi connectivity index (χ4v) is 5.13. The monoisotopic (exact) mass is 511 g/mol. The number of nitrogens with one attached hydrogen (secondary N) is 1. The third-order valence-corrected chi connectivity index (χ3v) is 7.05. The predicted octanol–water partition coefficient (Wildman–Crippen LogP) is 3.57. The number of carbonyl (C=O) groups excluding carboxylic acids is 3. The Labute approximate surface area is 212 Å². The van der Waals surface area contributed by atoms with Crippen molar-refractivity contribution in [1.82, 2.24) is 9.69 Å². The van der Waals surface area contributed by atoms with Crippen LogP contribution in [0.2, 0.25) is 0 Å². The van der Waals surface area contributed by atoms with Crippen LogP contribution in [0.15, 0.2) is 40.8 Å². The van der Waals surface area contributed by atoms with Gasteiger partial charge in [0.05, 0.1) is 12.8 Å². The first-order valence-corrected chi connectivity index (χ1v) is 12.5. The number of nitrogens with two attached hydrogens (primary N) is 2. The van der Waals surface area contributed by atoms with Gasteiger partial charge in [-0.15, -0.1) is 0 Å². The van der Waals surface area contributed by atoms with Crippen molar-refractivity contribution in [3.63, 3.8) is 0 Å². The summed E-state index contributed by atoms with van der Waals surface area (Å²) in [7, 11) is 1.51. The zero-order valence-electron chi connectivity index (χ0n) is 20.2. The maximum atomic E-state index is 14.0. The van der Waals surface area contributed by atoms with Crippen LogP contribution >= 0.6 is 11.5 Å². The molecule has 10 nitrogen and oxygen atoms in total. The van der Waals surface area contributed by atoms with E-state index < -0.39 is 17.9 Å². The summed E-state index contributed by atoms with van der Waals surface area (Å²) < 4.78 is 15.2. The van der Waals surface area contributed by atoms with Crippen LogP contribution in [-0.2, 0) is 4.79 Å². The van der Waals surface area contributed by atoms with Gasteiger partial charge in [-0.3, -0.25) is 19.3 Å². The van der Waals surface area contributed by atoms with E-state index in [2.05, 4.69) is 9.69 Å². The van der Waals surface area contributed by atoms with Crippen LogP contribution in [0.4, 0.5) is 11.4 Å². The van der Waals surface area contributed by atoms with Crippen LogP contribution in [-0.4, -0.2) is 35.2 Å². The van der Waals surface area contributed by atoms with Crippen molar-refractivity contribution < 1.29 is 23.5 Å². The molecule has 1 saturated carbocycles. The smallest absolute Gasteiger partial charge is 0.273 e. The van der Waals surface area contributed by atoms with Gasteiger partial charge in [0.25, 0.3) is 17.7 Å². The largest absolute Gasteiger partial charge is 0.497 e. The number of carbonyl (C=O) groups is 3. The Morgan fingerprint density at radius 1 is 1.19 bits per heavy atom. The van der Waals surface area contributed by atoms with E-state index in [-0.39, 0.29) is 34.0 Å². The highest BCUT2D eigenvalue weighted by Gasteiger charge is 2.38. The molecule has 1 aliphatic rings. The maximum absolute atomic E-state index is 14.0. The van der Waals surface area contributed by atoms with Gasteiger partial charge in [0.1, 0.15) is 22.1 Å². The van der Waals surface area contributed by atoms with E-state index in [4.69, 9.17) is 20.6 Å². The quantitative estimate of drug-likeness (QED) is 0.418. The number of furan rings is 1. The van der Waals surface area contributed by atoms with Crippen molar-refractivity contribution in [1.29, 1.82) is 0 Å². The number of primary amides is 1. The third-order valence-electron chi connectivity index (χ3n) is 6.19. The SMILES string of the molecule is COc1cccc(N(C(=O)c2snc(C(N)=O)c2N)C(C(=O)NC2CCCCC2)c2ccc(C)o2)c1. The predicted molar refractivity (Wildman–Crippen MR) is 136 cm³/mol. The number of ether oxygens (including phenoxy) is 1. The van der Waals surface area contributed by atoms with Crippen LogP contribution in [0.5, 0.6) is 5.75 Å². The second-order valence-electron chi connectivity index (χ2n) is 8.71. The molecule has 2 heterocycles. The third kappa shape index (κ3) is 5.20. The molecule has 1 aromatic carbocycles. The second kappa shape index (κ2) is 10.8. The Hall–Kier alpha value is -3.86. The Balaban J connectivity index is 1.83. The van der Waals surface area contributed by atoms with Gasteiger partial charge in [0.2, 0.25) is 0 Å². The molecule has 5 N–H and O–H groups in total. The molecular weight excluding hydrogens is 482 g/mol. The van der Waals surface area contributed by atoms with E-state index in [1.165, 1.54) is 12.0 Å². The molecule has 0 bridgehead atoms. The second-order valence-corrected chi connectivity index (χ2v) is 9.48. The lowest BCUT2D eigenvalue weighted by Crippen LogP contribution is -2.47. The van der Waals surface area contributed by atoms with Crippen molar-refractivity contribution in [2.24, 2.45) is 5.73 Å². The summed E-state index contributed by atoms with van der Waals surface area (Å²) >= 11 is 0.750. The summed E-state index contributed by atoms with van der Waals surface area (Å²) in [6.45, 7) is 1.76. The standard InChI is InChI=1S/C25H29N5O5S/c1-14-11-12-18(35-14)21(24(32)28-15-7-4-3-5-8-15)30(16-9-6-10-17(13-16)34-2)25(33)22-19(26)20(23(27)31)29-36-22/h6,9-13,15,21H,3-5,7-8,26H2,1-2H3,(H2,27,31)(H,28,32). The van der Waals surface area contributed by atoms with Gasteiger partial charge in [0.15, 0.2) is 11.7 Å². The van der Waals surface area contributed by atoms with E-state index in [0.29, 0.717) is 17.2 Å². The Morgan fingerprint density at radius 2 is 1.94 bits per heavy atom. The first-order valence-electron chi connectivity index (χ1n) is 11.7. The molecule has 1 atom stereocenters. The minimum absolute atomic E-state index is 0.00186. The van der Waals surface area contributed by atoms with Crippen molar-refractivity contribution >= 4 is 40.6 Å². The summed E-state index contributed by atoms with van der Waals surface area (Å²) in [5.74, 6) is -0.484. The summed E-state index contributed by atoms with van der Waals surface area (Å²) in [6.07, 6.45) is 4.93. The van der Waals surface area contributed by atoms with Gasteiger partial charge >= 0.3 is 0 Å². The van der Waals surface area contributed by atoms with E-state index in [1.54, 1.807) is 43.3 Å². The molecule has 190 valence electrons. The van der Waals surface area contributed by atoms with E-state index >= 15 is 0 Å². The molecule has 0 radical (unpaired) electrons. The number of aromatic nitrogens is 1. The molecule has 1 fully saturated rings. The number of nitrogen functional groups attached to an aromatic ring is 1. The zero-order chi connectivity index (χ0) is 25.8. The Bertz CT molecular complexity index is 1260. The number of amides is 3. The van der Waals surface area contributed by atoms with E-state index in [0.717, 1.165) is 43.6 Å². The van der Waals surface area contributed by atoms with Gasteiger partial charge in [-0.1, -0.05) is 25.3 Å². The van der Waals surface area contributed by atoms with Gasteiger partial charge in [-0.25, -0.2) is 0 Å². The first-order chi connectivity index (χ1) is 17.3. The summed E-state index contributed by atoms with van der Waals surface area (Å²) in [6, 6.07) is 9.02. The van der Waals surface area contributed by atoms with Gasteiger partial charge in [0, 0.05) is 17.8 Å². The molecule has 4 rings (SSSR count). The normalized spacial score (nSPS) is 14.7. The lowest BCUT2D eigenvalue weighted by molar-refractivity contribution is -0.123. The summed E-state index contributed by atoms with van der Waals surface area (Å²) in [5, 5.41) is 3.11. The Morgan fingerprint density at radius 3 is 2.56 bits per heavy atom. The van der Waals surface area contributed by atoms with Crippen molar-refractivity contribution in [3.8, 4) is 5.75 Å². The van der Waals surface area contributed by atoms with Crippen molar-refractivity contribution in [3.05, 3.63) is 58.5 Å². The number of rotatable bonds is 8. The molecule has 1 aliphatic carbocycles. The number of nitrogens with zero attached hydrogens (tertiary/aromatic N) is 2. The number of methoxy groups -OCH3 is 1. The van der Waals surface area contributed by atoms with Crippen LogP contribution in [0.25, 0.3) is 0 Å². The lowest BCUT2D eigenvalue weighted by atomic mass is 9.95. The van der Waals surface area contributed by atoms with Crippen LogP contribution in [0.1, 0.15) is 69.8 Å². The minimum atomic E-state index is -1.15. The highest BCUT2D eigenvalue weighted by atomic mass is 32.1. The molecule has 3 aromatic rings. The molecular formula is C25H29N5O5S. The average molecular weight is 512 g/mol. The average Bonchev–Trinajstić information content (AvgIpc) is 3.47. The molecule has 1 unspecified atom stereocenters. The molecule has 0 aliphatic heterocycles. The molecule has 36 heavy (non-hydrogen) atoms. The number of hydrogen-bond donors (Lipinski definition) is 3. The van der Waals surface area contributed by atoms with Crippen molar-refractivity contribution in [2.75, 3.05) is 17.7 Å². The van der Waals surface area contributed by atoms with Crippen LogP contribution in [0, 0.1) is 6.92 Å². The highest BCUT2D eigenvalue weighted by Crippen LogP contribution is 2.35. The number of benzene rings is 1. The fraction of sp³-hybridized carbons (Fsp3) is 0.360. The number of aryl methyl sites for hydroxylation is 1. The summed E-state index contributed by atoms with van der Waals surface area (Å²) in [5.41, 5.74) is 11.5. The molecule has 0 spiro atoms. The first kappa shape index (κ1) is 25.2. The minimum Gasteiger partial charge on any atom is -0.497 e. The van der Waals surface area contributed by atoms with Crippen LogP contribution < -0.4 is 26.4 Å². The van der Waals surface area contributed by atoms with Gasteiger partial charge < -0.3 is 25.9 Å².